The second-order valence-electron chi connectivity index (χ2n) is 5.01. The second-order valence-corrected chi connectivity index (χ2v) is 5.01. The molecule has 2 rings (SSSR count). The van der Waals surface area contributed by atoms with Crippen molar-refractivity contribution in [2.75, 3.05) is 5.73 Å². The number of anilines is 1. The van der Waals surface area contributed by atoms with Crippen molar-refractivity contribution in [3.05, 3.63) is 23.9 Å². The van der Waals surface area contributed by atoms with Crippen LogP contribution in [0, 0.1) is 0 Å². The zero-order valence-corrected chi connectivity index (χ0v) is 9.70. The van der Waals surface area contributed by atoms with Crippen molar-refractivity contribution >= 4 is 16.9 Å². The Morgan fingerprint density at radius 2 is 1.93 bits per heavy atom. The van der Waals surface area contributed by atoms with Gasteiger partial charge in [0, 0.05) is 18.8 Å². The van der Waals surface area contributed by atoms with Gasteiger partial charge in [-0.25, -0.2) is 4.98 Å². The standard InChI is InChI=1S/C12H17N3/c1-12(2,3)8-7-15(4)9-5-6-10(13)14-11(8)9/h5-7H,1-4H3,(H2,13,14). The topological polar surface area (TPSA) is 43.8 Å². The van der Waals surface area contributed by atoms with E-state index in [1.807, 2.05) is 19.2 Å². The molecule has 2 heterocycles. The molecule has 0 aliphatic heterocycles. The van der Waals surface area contributed by atoms with Gasteiger partial charge in [-0.05, 0) is 17.5 Å². The fourth-order valence-electron chi connectivity index (χ4n) is 1.82. The Morgan fingerprint density at radius 3 is 2.53 bits per heavy atom. The highest BCUT2D eigenvalue weighted by atomic mass is 15.0. The summed E-state index contributed by atoms with van der Waals surface area (Å²) in [4.78, 5) is 4.42. The van der Waals surface area contributed by atoms with E-state index in [9.17, 15) is 0 Å². The van der Waals surface area contributed by atoms with Gasteiger partial charge < -0.3 is 10.3 Å². The number of nitrogen functional groups attached to an aromatic ring is 1. The van der Waals surface area contributed by atoms with Crippen molar-refractivity contribution in [2.45, 2.75) is 26.2 Å². The summed E-state index contributed by atoms with van der Waals surface area (Å²) in [7, 11) is 2.04. The van der Waals surface area contributed by atoms with E-state index in [0.717, 1.165) is 11.0 Å². The van der Waals surface area contributed by atoms with E-state index in [2.05, 4.69) is 36.5 Å². The number of hydrogen-bond acceptors (Lipinski definition) is 2. The molecule has 0 aromatic carbocycles. The van der Waals surface area contributed by atoms with Crippen molar-refractivity contribution in [3.63, 3.8) is 0 Å². The molecule has 0 fully saturated rings. The molecule has 0 saturated heterocycles. The van der Waals surface area contributed by atoms with E-state index in [0.29, 0.717) is 5.82 Å². The minimum absolute atomic E-state index is 0.0975. The summed E-state index contributed by atoms with van der Waals surface area (Å²) in [6, 6.07) is 3.86. The molecule has 2 N–H and O–H groups in total. The van der Waals surface area contributed by atoms with Crippen LogP contribution < -0.4 is 5.73 Å². The smallest absolute Gasteiger partial charge is 0.124 e. The van der Waals surface area contributed by atoms with Crippen LogP contribution in [0.15, 0.2) is 18.3 Å². The first kappa shape index (κ1) is 10.0. The van der Waals surface area contributed by atoms with E-state index in [4.69, 9.17) is 5.73 Å². The highest BCUT2D eigenvalue weighted by molar-refractivity contribution is 5.82. The number of rotatable bonds is 0. The summed E-state index contributed by atoms with van der Waals surface area (Å²) >= 11 is 0. The molecule has 0 aliphatic carbocycles. The van der Waals surface area contributed by atoms with E-state index in [1.165, 1.54) is 5.56 Å². The maximum Gasteiger partial charge on any atom is 0.124 e. The van der Waals surface area contributed by atoms with Gasteiger partial charge in [0.2, 0.25) is 0 Å². The Bertz CT molecular complexity index is 503. The predicted octanol–water partition coefficient (Wildman–Crippen LogP) is 2.45. The largest absolute Gasteiger partial charge is 0.384 e. The lowest BCUT2D eigenvalue weighted by atomic mass is 9.88. The molecule has 0 spiro atoms. The fourth-order valence-corrected chi connectivity index (χ4v) is 1.82. The fraction of sp³-hybridized carbons (Fsp3) is 0.417. The van der Waals surface area contributed by atoms with Crippen LogP contribution in [0.4, 0.5) is 5.82 Å². The molecule has 3 heteroatoms. The average molecular weight is 203 g/mol. The monoisotopic (exact) mass is 203 g/mol. The Kier molecular flexibility index (Phi) is 2.00. The minimum Gasteiger partial charge on any atom is -0.384 e. The third kappa shape index (κ3) is 1.58. The van der Waals surface area contributed by atoms with Crippen LogP contribution in [0.5, 0.6) is 0 Å². The molecular weight excluding hydrogens is 186 g/mol. The van der Waals surface area contributed by atoms with Gasteiger partial charge in [-0.15, -0.1) is 0 Å². The normalized spacial score (nSPS) is 12.3. The van der Waals surface area contributed by atoms with Crippen LogP contribution in [0.25, 0.3) is 11.0 Å². The maximum absolute atomic E-state index is 5.72. The van der Waals surface area contributed by atoms with Gasteiger partial charge in [-0.3, -0.25) is 0 Å². The highest BCUT2D eigenvalue weighted by Gasteiger charge is 2.20. The molecule has 80 valence electrons. The van der Waals surface area contributed by atoms with E-state index in [1.54, 1.807) is 0 Å². The van der Waals surface area contributed by atoms with Crippen molar-refractivity contribution in [3.8, 4) is 0 Å². The number of pyridine rings is 1. The first-order valence-electron chi connectivity index (χ1n) is 5.11. The van der Waals surface area contributed by atoms with Gasteiger partial charge in [0.1, 0.15) is 5.82 Å². The van der Waals surface area contributed by atoms with Crippen LogP contribution in [-0.2, 0) is 12.5 Å². The molecule has 0 aliphatic rings. The summed E-state index contributed by atoms with van der Waals surface area (Å²) in [5.74, 6) is 0.583. The molecule has 0 amide bonds. The van der Waals surface area contributed by atoms with Crippen LogP contribution in [0.1, 0.15) is 26.3 Å². The van der Waals surface area contributed by atoms with Crippen LogP contribution in [-0.4, -0.2) is 9.55 Å². The molecule has 0 atom stereocenters. The summed E-state index contributed by atoms with van der Waals surface area (Å²) in [6.45, 7) is 6.56. The van der Waals surface area contributed by atoms with Gasteiger partial charge >= 0.3 is 0 Å². The Hall–Kier alpha value is -1.51. The molecular formula is C12H17N3. The number of nitrogens with zero attached hydrogens (tertiary/aromatic N) is 2. The Balaban J connectivity index is 2.81. The number of aryl methyl sites for hydroxylation is 1. The third-order valence-electron chi connectivity index (χ3n) is 2.66. The Morgan fingerprint density at radius 1 is 1.27 bits per heavy atom. The second kappa shape index (κ2) is 2.99. The van der Waals surface area contributed by atoms with E-state index < -0.39 is 0 Å². The van der Waals surface area contributed by atoms with Gasteiger partial charge in [0.25, 0.3) is 0 Å². The number of nitrogens with two attached hydrogens (primary N) is 1. The third-order valence-corrected chi connectivity index (χ3v) is 2.66. The summed E-state index contributed by atoms with van der Waals surface area (Å²) < 4.78 is 2.10. The van der Waals surface area contributed by atoms with Crippen molar-refractivity contribution in [1.82, 2.24) is 9.55 Å². The molecule has 0 bridgehead atoms. The van der Waals surface area contributed by atoms with Gasteiger partial charge in [0.05, 0.1) is 11.0 Å². The number of fused-ring (bicyclic) bond motifs is 1. The van der Waals surface area contributed by atoms with Gasteiger partial charge in [0.15, 0.2) is 0 Å². The van der Waals surface area contributed by atoms with Gasteiger partial charge in [-0.2, -0.15) is 0 Å². The van der Waals surface area contributed by atoms with Crippen LogP contribution in [0.3, 0.4) is 0 Å². The zero-order chi connectivity index (χ0) is 11.2. The molecule has 0 saturated carbocycles. The number of aromatic nitrogens is 2. The van der Waals surface area contributed by atoms with Crippen LogP contribution in [0.2, 0.25) is 0 Å². The quantitative estimate of drug-likeness (QED) is 0.714. The number of hydrogen-bond donors (Lipinski definition) is 1. The lowest BCUT2D eigenvalue weighted by Gasteiger charge is -2.16. The van der Waals surface area contributed by atoms with Crippen molar-refractivity contribution < 1.29 is 0 Å². The molecule has 2 aromatic heterocycles. The highest BCUT2D eigenvalue weighted by Crippen LogP contribution is 2.30. The van der Waals surface area contributed by atoms with E-state index >= 15 is 0 Å². The van der Waals surface area contributed by atoms with Crippen LogP contribution >= 0.6 is 0 Å². The summed E-state index contributed by atoms with van der Waals surface area (Å²) in [5, 5.41) is 0. The van der Waals surface area contributed by atoms with Crippen molar-refractivity contribution in [1.29, 1.82) is 0 Å². The maximum atomic E-state index is 5.72. The Labute approximate surface area is 89.9 Å². The molecule has 3 nitrogen and oxygen atoms in total. The lowest BCUT2D eigenvalue weighted by molar-refractivity contribution is 0.592. The first-order chi connectivity index (χ1) is 6.89. The SMILES string of the molecule is Cn1cc(C(C)(C)C)c2nc(N)ccc21. The molecule has 0 unspecified atom stereocenters. The summed E-state index contributed by atoms with van der Waals surface area (Å²) in [5.41, 5.74) is 9.22. The molecule has 0 radical (unpaired) electrons. The molecule has 2 aromatic rings. The average Bonchev–Trinajstić information content (AvgIpc) is 2.42. The first-order valence-corrected chi connectivity index (χ1v) is 5.11. The van der Waals surface area contributed by atoms with Crippen molar-refractivity contribution in [2.24, 2.45) is 7.05 Å². The predicted molar refractivity (Wildman–Crippen MR) is 63.8 cm³/mol. The van der Waals surface area contributed by atoms with Gasteiger partial charge in [-0.1, -0.05) is 20.8 Å². The summed E-state index contributed by atoms with van der Waals surface area (Å²) in [6.07, 6.45) is 2.14. The molecule has 15 heavy (non-hydrogen) atoms. The van der Waals surface area contributed by atoms with E-state index in [-0.39, 0.29) is 5.41 Å². The minimum atomic E-state index is 0.0975. The zero-order valence-electron chi connectivity index (χ0n) is 9.70. The lowest BCUT2D eigenvalue weighted by Crippen LogP contribution is -2.10.